The molecule has 0 spiro atoms. The summed E-state index contributed by atoms with van der Waals surface area (Å²) in [6.07, 6.45) is 4.13. The van der Waals surface area contributed by atoms with Gasteiger partial charge >= 0.3 is 0 Å². The Labute approximate surface area is 120 Å². The number of nitrogens with one attached hydrogen (secondary N) is 1. The third kappa shape index (κ3) is 1.62. The van der Waals surface area contributed by atoms with Crippen molar-refractivity contribution in [2.75, 3.05) is 5.32 Å². The van der Waals surface area contributed by atoms with E-state index in [1.165, 1.54) is 0 Å². The summed E-state index contributed by atoms with van der Waals surface area (Å²) in [7, 11) is 0. The second-order valence-electron chi connectivity index (χ2n) is 5.51. The minimum atomic E-state index is 0.462. The number of fused-ring (bicyclic) bond motifs is 3. The third-order valence-corrected chi connectivity index (χ3v) is 4.06. The van der Waals surface area contributed by atoms with E-state index in [9.17, 15) is 0 Å². The maximum absolute atomic E-state index is 5.34. The molecule has 6 nitrogen and oxygen atoms in total. The number of benzene rings is 1. The van der Waals surface area contributed by atoms with Crippen LogP contribution in [0.2, 0.25) is 0 Å². The average Bonchev–Trinajstić information content (AvgIpc) is 3.11. The fourth-order valence-electron chi connectivity index (χ4n) is 2.78. The highest BCUT2D eigenvalue weighted by molar-refractivity contribution is 5.67. The van der Waals surface area contributed by atoms with Crippen molar-refractivity contribution in [3.8, 4) is 17.2 Å². The summed E-state index contributed by atoms with van der Waals surface area (Å²) < 4.78 is 7.43. The van der Waals surface area contributed by atoms with Gasteiger partial charge < -0.3 is 9.84 Å². The molecule has 0 bridgehead atoms. The van der Waals surface area contributed by atoms with Crippen molar-refractivity contribution in [2.24, 2.45) is 0 Å². The molecular formula is C15H13N5O. The first kappa shape index (κ1) is 11.1. The molecule has 1 aromatic carbocycles. The molecule has 0 saturated heterocycles. The number of aromatic nitrogens is 4. The van der Waals surface area contributed by atoms with Crippen molar-refractivity contribution in [3.05, 3.63) is 42.2 Å². The summed E-state index contributed by atoms with van der Waals surface area (Å²) in [5, 5.41) is 7.50. The van der Waals surface area contributed by atoms with Gasteiger partial charge in [-0.25, -0.2) is 4.98 Å². The SMILES string of the molecule is c1ccc2c(c1)NCc1c(-c3noc(C4CC4)n3)ncn1-2. The van der Waals surface area contributed by atoms with E-state index in [0.717, 1.165) is 41.5 Å². The van der Waals surface area contributed by atoms with E-state index in [-0.39, 0.29) is 0 Å². The molecule has 0 unspecified atom stereocenters. The first-order valence-corrected chi connectivity index (χ1v) is 7.13. The molecule has 2 aliphatic rings. The average molecular weight is 279 g/mol. The standard InChI is InChI=1S/C15H13N5O/c1-2-4-11-10(3-1)16-7-12-13(17-8-20(11)12)14-18-15(21-19-14)9-5-6-9/h1-4,8-9,16H,5-7H2. The summed E-state index contributed by atoms with van der Waals surface area (Å²) in [5.41, 5.74) is 4.08. The van der Waals surface area contributed by atoms with Crippen molar-refractivity contribution >= 4 is 5.69 Å². The monoisotopic (exact) mass is 279 g/mol. The van der Waals surface area contributed by atoms with E-state index in [1.54, 1.807) is 0 Å². The fourth-order valence-corrected chi connectivity index (χ4v) is 2.78. The van der Waals surface area contributed by atoms with Crippen LogP contribution in [0.4, 0.5) is 5.69 Å². The number of para-hydroxylation sites is 2. The van der Waals surface area contributed by atoms with E-state index in [1.807, 2.05) is 18.5 Å². The van der Waals surface area contributed by atoms with Gasteiger partial charge in [-0.15, -0.1) is 0 Å². The lowest BCUT2D eigenvalue weighted by atomic mass is 10.2. The molecule has 0 amide bonds. The van der Waals surface area contributed by atoms with E-state index < -0.39 is 0 Å². The van der Waals surface area contributed by atoms with Crippen LogP contribution in [-0.4, -0.2) is 19.7 Å². The van der Waals surface area contributed by atoms with Gasteiger partial charge in [-0.1, -0.05) is 17.3 Å². The second kappa shape index (κ2) is 3.94. The van der Waals surface area contributed by atoms with Crippen LogP contribution in [0.1, 0.15) is 30.3 Å². The zero-order chi connectivity index (χ0) is 13.8. The van der Waals surface area contributed by atoms with Crippen LogP contribution in [0, 0.1) is 0 Å². The molecule has 1 saturated carbocycles. The molecule has 3 heterocycles. The number of hydrogen-bond acceptors (Lipinski definition) is 5. The molecule has 3 aromatic rings. The smallest absolute Gasteiger partial charge is 0.230 e. The fraction of sp³-hybridized carbons (Fsp3) is 0.267. The molecule has 0 radical (unpaired) electrons. The van der Waals surface area contributed by atoms with Crippen LogP contribution in [0.25, 0.3) is 17.2 Å². The van der Waals surface area contributed by atoms with E-state index in [2.05, 4.69) is 37.1 Å². The lowest BCUT2D eigenvalue weighted by Crippen LogP contribution is -2.14. The number of rotatable bonds is 2. The van der Waals surface area contributed by atoms with Crippen LogP contribution < -0.4 is 5.32 Å². The molecule has 2 aromatic heterocycles. The Balaban J connectivity index is 1.62. The number of anilines is 1. The molecule has 104 valence electrons. The van der Waals surface area contributed by atoms with Gasteiger partial charge in [-0.3, -0.25) is 4.57 Å². The van der Waals surface area contributed by atoms with E-state index in [4.69, 9.17) is 4.52 Å². The lowest BCUT2D eigenvalue weighted by molar-refractivity contribution is 0.380. The topological polar surface area (TPSA) is 68.8 Å². The predicted octanol–water partition coefficient (Wildman–Crippen LogP) is 2.73. The van der Waals surface area contributed by atoms with Crippen LogP contribution in [0.3, 0.4) is 0 Å². The number of imidazole rings is 1. The highest BCUT2D eigenvalue weighted by Gasteiger charge is 2.31. The van der Waals surface area contributed by atoms with Gasteiger partial charge in [0.2, 0.25) is 11.7 Å². The quantitative estimate of drug-likeness (QED) is 0.781. The number of hydrogen-bond donors (Lipinski definition) is 1. The summed E-state index contributed by atoms with van der Waals surface area (Å²) >= 11 is 0. The third-order valence-electron chi connectivity index (χ3n) is 4.06. The van der Waals surface area contributed by atoms with Crippen molar-refractivity contribution in [3.63, 3.8) is 0 Å². The molecule has 21 heavy (non-hydrogen) atoms. The van der Waals surface area contributed by atoms with Gasteiger partial charge in [0.25, 0.3) is 0 Å². The highest BCUT2D eigenvalue weighted by atomic mass is 16.5. The van der Waals surface area contributed by atoms with E-state index in [0.29, 0.717) is 18.3 Å². The van der Waals surface area contributed by atoms with Gasteiger partial charge in [0.1, 0.15) is 12.0 Å². The molecule has 0 atom stereocenters. The van der Waals surface area contributed by atoms with Crippen molar-refractivity contribution in [1.82, 2.24) is 19.7 Å². The summed E-state index contributed by atoms with van der Waals surface area (Å²) in [6.45, 7) is 0.708. The van der Waals surface area contributed by atoms with Crippen LogP contribution >= 0.6 is 0 Å². The Morgan fingerprint density at radius 3 is 3.05 bits per heavy atom. The summed E-state index contributed by atoms with van der Waals surface area (Å²) in [4.78, 5) is 9.00. The number of nitrogens with zero attached hydrogens (tertiary/aromatic N) is 4. The van der Waals surface area contributed by atoms with Crippen molar-refractivity contribution in [1.29, 1.82) is 0 Å². The Bertz CT molecular complexity index is 830. The van der Waals surface area contributed by atoms with E-state index >= 15 is 0 Å². The maximum atomic E-state index is 5.34. The normalized spacial score (nSPS) is 16.2. The lowest BCUT2D eigenvalue weighted by Gasteiger charge is -2.20. The highest BCUT2D eigenvalue weighted by Crippen LogP contribution is 2.40. The second-order valence-corrected chi connectivity index (χ2v) is 5.51. The van der Waals surface area contributed by atoms with Gasteiger partial charge in [0.05, 0.1) is 23.6 Å². The molecule has 1 aliphatic carbocycles. The first-order chi connectivity index (χ1) is 10.4. The molecule has 1 N–H and O–H groups in total. The van der Waals surface area contributed by atoms with Gasteiger partial charge in [-0.05, 0) is 25.0 Å². The van der Waals surface area contributed by atoms with Crippen LogP contribution in [-0.2, 0) is 6.54 Å². The Kier molecular flexibility index (Phi) is 2.08. The Hall–Kier alpha value is -2.63. The van der Waals surface area contributed by atoms with Crippen molar-refractivity contribution < 1.29 is 4.52 Å². The summed E-state index contributed by atoms with van der Waals surface area (Å²) in [6, 6.07) is 8.18. The minimum Gasteiger partial charge on any atom is -0.378 e. The predicted molar refractivity (Wildman–Crippen MR) is 76.2 cm³/mol. The van der Waals surface area contributed by atoms with Crippen LogP contribution in [0.15, 0.2) is 35.1 Å². The minimum absolute atomic E-state index is 0.462. The molecular weight excluding hydrogens is 266 g/mol. The van der Waals surface area contributed by atoms with Gasteiger partial charge in [-0.2, -0.15) is 4.98 Å². The zero-order valence-corrected chi connectivity index (χ0v) is 11.3. The molecule has 1 fully saturated rings. The zero-order valence-electron chi connectivity index (χ0n) is 11.3. The first-order valence-electron chi connectivity index (χ1n) is 7.13. The van der Waals surface area contributed by atoms with Crippen molar-refractivity contribution in [2.45, 2.75) is 25.3 Å². The molecule has 6 heteroatoms. The van der Waals surface area contributed by atoms with Crippen LogP contribution in [0.5, 0.6) is 0 Å². The Morgan fingerprint density at radius 1 is 1.24 bits per heavy atom. The maximum Gasteiger partial charge on any atom is 0.230 e. The molecule has 5 rings (SSSR count). The molecule has 1 aliphatic heterocycles. The summed E-state index contributed by atoms with van der Waals surface area (Å²) in [5.74, 6) is 1.80. The van der Waals surface area contributed by atoms with Gasteiger partial charge in [0, 0.05) is 5.92 Å². The largest absolute Gasteiger partial charge is 0.378 e. The van der Waals surface area contributed by atoms with Gasteiger partial charge in [0.15, 0.2) is 0 Å². The Morgan fingerprint density at radius 2 is 2.14 bits per heavy atom.